The zero-order chi connectivity index (χ0) is 14.4. The summed E-state index contributed by atoms with van der Waals surface area (Å²) in [6.45, 7) is 0.238. The standard InChI is InChI=1S/C12H14ClN5O2/c1-14-18-12(19)6-10-15-11(17-16-10)7-20-9-4-2-8(13)3-5-9/h2-5,14H,6-7H2,1H3,(H,18,19)(H,15,16,17). The van der Waals surface area contributed by atoms with Gasteiger partial charge in [0.1, 0.15) is 12.4 Å². The molecule has 0 fully saturated rings. The Morgan fingerprint density at radius 3 is 2.85 bits per heavy atom. The maximum absolute atomic E-state index is 11.3. The van der Waals surface area contributed by atoms with Gasteiger partial charge in [-0.25, -0.2) is 10.4 Å². The Bertz CT molecular complexity index is 569. The van der Waals surface area contributed by atoms with E-state index in [0.717, 1.165) is 0 Å². The summed E-state index contributed by atoms with van der Waals surface area (Å²) in [4.78, 5) is 15.5. The van der Waals surface area contributed by atoms with E-state index < -0.39 is 0 Å². The van der Waals surface area contributed by atoms with Crippen molar-refractivity contribution in [2.75, 3.05) is 7.05 Å². The number of aromatic nitrogens is 3. The highest BCUT2D eigenvalue weighted by Crippen LogP contribution is 2.16. The lowest BCUT2D eigenvalue weighted by atomic mass is 10.3. The predicted molar refractivity (Wildman–Crippen MR) is 73.1 cm³/mol. The summed E-state index contributed by atoms with van der Waals surface area (Å²) >= 11 is 5.78. The summed E-state index contributed by atoms with van der Waals surface area (Å²) in [5, 5.41) is 7.31. The van der Waals surface area contributed by atoms with E-state index in [9.17, 15) is 4.79 Å². The number of benzene rings is 1. The van der Waals surface area contributed by atoms with Crippen LogP contribution in [0.2, 0.25) is 5.02 Å². The van der Waals surface area contributed by atoms with E-state index in [-0.39, 0.29) is 18.9 Å². The summed E-state index contributed by atoms with van der Waals surface area (Å²) in [6.07, 6.45) is 0.0955. The highest BCUT2D eigenvalue weighted by molar-refractivity contribution is 6.30. The first kappa shape index (κ1) is 14.3. The Labute approximate surface area is 120 Å². The van der Waals surface area contributed by atoms with Gasteiger partial charge in [-0.05, 0) is 24.3 Å². The van der Waals surface area contributed by atoms with Crippen LogP contribution in [0.3, 0.4) is 0 Å². The van der Waals surface area contributed by atoms with Crippen LogP contribution in [0.1, 0.15) is 11.6 Å². The molecule has 7 nitrogen and oxygen atoms in total. The van der Waals surface area contributed by atoms with E-state index in [4.69, 9.17) is 16.3 Å². The average Bonchev–Trinajstić information content (AvgIpc) is 2.86. The molecular weight excluding hydrogens is 282 g/mol. The summed E-state index contributed by atoms with van der Waals surface area (Å²) < 4.78 is 5.51. The van der Waals surface area contributed by atoms with Crippen LogP contribution in [0.5, 0.6) is 5.75 Å². The molecule has 0 bridgehead atoms. The van der Waals surface area contributed by atoms with Crippen LogP contribution in [-0.4, -0.2) is 28.1 Å². The van der Waals surface area contributed by atoms with Gasteiger partial charge in [0.15, 0.2) is 11.6 Å². The Balaban J connectivity index is 1.86. The topological polar surface area (TPSA) is 91.9 Å². The lowest BCUT2D eigenvalue weighted by molar-refractivity contribution is -0.121. The molecule has 3 N–H and O–H groups in total. The molecule has 1 aromatic heterocycles. The molecule has 0 radical (unpaired) electrons. The molecule has 0 atom stereocenters. The Morgan fingerprint density at radius 2 is 2.15 bits per heavy atom. The minimum absolute atomic E-state index is 0.0955. The van der Waals surface area contributed by atoms with Gasteiger partial charge in [0.25, 0.3) is 0 Å². The number of carbonyl (C=O) groups excluding carboxylic acids is 1. The second-order valence-electron chi connectivity index (χ2n) is 3.92. The van der Waals surface area contributed by atoms with E-state index in [0.29, 0.717) is 22.4 Å². The van der Waals surface area contributed by atoms with Crippen LogP contribution in [0.15, 0.2) is 24.3 Å². The van der Waals surface area contributed by atoms with Crippen molar-refractivity contribution in [1.82, 2.24) is 26.0 Å². The Hall–Kier alpha value is -2.12. The maximum Gasteiger partial charge on any atom is 0.241 e. The summed E-state index contributed by atoms with van der Waals surface area (Å²) in [6, 6.07) is 7.01. The molecule has 2 rings (SSSR count). The zero-order valence-electron chi connectivity index (χ0n) is 10.8. The molecule has 106 valence electrons. The largest absolute Gasteiger partial charge is 0.486 e. The molecule has 2 aromatic rings. The normalized spacial score (nSPS) is 10.3. The number of carbonyl (C=O) groups is 1. The lowest BCUT2D eigenvalue weighted by Gasteiger charge is -2.03. The fourth-order valence-electron chi connectivity index (χ4n) is 1.49. The molecule has 1 aromatic carbocycles. The molecular formula is C12H14ClN5O2. The third kappa shape index (κ3) is 4.22. The maximum atomic E-state index is 11.3. The van der Waals surface area contributed by atoms with Gasteiger partial charge >= 0.3 is 0 Å². The predicted octanol–water partition coefficient (Wildman–Crippen LogP) is 0.830. The number of rotatable bonds is 6. The van der Waals surface area contributed by atoms with Gasteiger partial charge in [0.2, 0.25) is 5.91 Å². The second kappa shape index (κ2) is 6.88. The number of hydrogen-bond acceptors (Lipinski definition) is 5. The van der Waals surface area contributed by atoms with Crippen molar-refractivity contribution >= 4 is 17.5 Å². The van der Waals surface area contributed by atoms with Crippen molar-refractivity contribution in [1.29, 1.82) is 0 Å². The number of aromatic amines is 1. The van der Waals surface area contributed by atoms with Crippen LogP contribution in [0.25, 0.3) is 0 Å². The summed E-state index contributed by atoms with van der Waals surface area (Å²) in [5.41, 5.74) is 4.98. The van der Waals surface area contributed by atoms with E-state index in [1.54, 1.807) is 31.3 Å². The smallest absolute Gasteiger partial charge is 0.241 e. The van der Waals surface area contributed by atoms with Gasteiger partial charge in [-0.15, -0.1) is 0 Å². The van der Waals surface area contributed by atoms with Crippen molar-refractivity contribution in [3.63, 3.8) is 0 Å². The molecule has 0 saturated heterocycles. The number of halogens is 1. The molecule has 0 aliphatic rings. The van der Waals surface area contributed by atoms with Crippen LogP contribution < -0.4 is 15.6 Å². The van der Waals surface area contributed by atoms with Crippen LogP contribution in [0.4, 0.5) is 0 Å². The third-order valence-corrected chi connectivity index (χ3v) is 2.60. The molecule has 1 amide bonds. The lowest BCUT2D eigenvalue weighted by Crippen LogP contribution is -2.35. The molecule has 0 aliphatic heterocycles. The summed E-state index contributed by atoms with van der Waals surface area (Å²) in [7, 11) is 1.61. The molecule has 0 unspecified atom stereocenters. The molecule has 0 spiro atoms. The van der Waals surface area contributed by atoms with Gasteiger partial charge < -0.3 is 4.74 Å². The number of ether oxygens (including phenoxy) is 1. The minimum Gasteiger partial charge on any atom is -0.486 e. The van der Waals surface area contributed by atoms with Gasteiger partial charge in [-0.3, -0.25) is 15.3 Å². The van der Waals surface area contributed by atoms with Crippen LogP contribution in [-0.2, 0) is 17.8 Å². The van der Waals surface area contributed by atoms with Gasteiger partial charge in [-0.1, -0.05) is 11.6 Å². The van der Waals surface area contributed by atoms with E-state index in [1.807, 2.05) is 0 Å². The first-order valence-corrected chi connectivity index (χ1v) is 6.29. The monoisotopic (exact) mass is 295 g/mol. The molecule has 20 heavy (non-hydrogen) atoms. The number of amides is 1. The van der Waals surface area contributed by atoms with E-state index in [2.05, 4.69) is 26.0 Å². The van der Waals surface area contributed by atoms with Crippen LogP contribution >= 0.6 is 11.6 Å². The number of nitrogens with zero attached hydrogens (tertiary/aromatic N) is 2. The molecule has 8 heteroatoms. The zero-order valence-corrected chi connectivity index (χ0v) is 11.6. The first-order chi connectivity index (χ1) is 9.67. The molecule has 0 saturated carbocycles. The first-order valence-electron chi connectivity index (χ1n) is 5.91. The quantitative estimate of drug-likeness (QED) is 0.687. The number of nitrogens with one attached hydrogen (secondary N) is 3. The average molecular weight is 296 g/mol. The Morgan fingerprint density at radius 1 is 1.40 bits per heavy atom. The third-order valence-electron chi connectivity index (χ3n) is 2.35. The minimum atomic E-state index is -0.211. The molecule has 0 aliphatic carbocycles. The SMILES string of the molecule is CNNC(=O)Cc1n[nH]c(COc2ccc(Cl)cc2)n1. The van der Waals surface area contributed by atoms with Gasteiger partial charge in [-0.2, -0.15) is 5.10 Å². The van der Waals surface area contributed by atoms with E-state index in [1.165, 1.54) is 0 Å². The number of hydrazine groups is 1. The second-order valence-corrected chi connectivity index (χ2v) is 4.35. The Kier molecular flexibility index (Phi) is 4.91. The van der Waals surface area contributed by atoms with Crippen molar-refractivity contribution in [2.45, 2.75) is 13.0 Å². The van der Waals surface area contributed by atoms with Crippen molar-refractivity contribution in [3.8, 4) is 5.75 Å². The fraction of sp³-hybridized carbons (Fsp3) is 0.250. The number of H-pyrrole nitrogens is 1. The van der Waals surface area contributed by atoms with Crippen molar-refractivity contribution in [2.24, 2.45) is 0 Å². The van der Waals surface area contributed by atoms with Gasteiger partial charge in [0, 0.05) is 12.1 Å². The van der Waals surface area contributed by atoms with Crippen LogP contribution in [0, 0.1) is 0 Å². The van der Waals surface area contributed by atoms with E-state index >= 15 is 0 Å². The van der Waals surface area contributed by atoms with Crippen molar-refractivity contribution in [3.05, 3.63) is 40.9 Å². The summed E-state index contributed by atoms with van der Waals surface area (Å²) in [5.74, 6) is 1.43. The highest BCUT2D eigenvalue weighted by atomic mass is 35.5. The highest BCUT2D eigenvalue weighted by Gasteiger charge is 2.08. The number of hydrogen-bond donors (Lipinski definition) is 3. The fourth-order valence-corrected chi connectivity index (χ4v) is 1.61. The molecule has 1 heterocycles. The van der Waals surface area contributed by atoms with Gasteiger partial charge in [0.05, 0.1) is 6.42 Å². The van der Waals surface area contributed by atoms with Crippen molar-refractivity contribution < 1.29 is 9.53 Å².